The molecule has 0 bridgehead atoms. The first-order chi connectivity index (χ1) is 13.5. The summed E-state index contributed by atoms with van der Waals surface area (Å²) in [6.45, 7) is 2.34. The molecular weight excluding hydrogens is 372 g/mol. The molecule has 3 aromatic rings. The second kappa shape index (κ2) is 8.76. The van der Waals surface area contributed by atoms with Crippen LogP contribution in [0.4, 0.5) is 5.69 Å². The van der Waals surface area contributed by atoms with E-state index < -0.39 is 0 Å². The van der Waals surface area contributed by atoms with Crippen molar-refractivity contribution < 1.29 is 4.79 Å². The van der Waals surface area contributed by atoms with Crippen LogP contribution in [0.5, 0.6) is 0 Å². The minimum atomic E-state index is -0.181. The Hall–Kier alpha value is -3.05. The number of amides is 1. The maximum absolute atomic E-state index is 12.2. The summed E-state index contributed by atoms with van der Waals surface area (Å²) in [7, 11) is 3.99. The Bertz CT molecular complexity index is 976. The van der Waals surface area contributed by atoms with Crippen molar-refractivity contribution in [3.63, 3.8) is 0 Å². The molecule has 0 atom stereocenters. The number of benzene rings is 2. The summed E-state index contributed by atoms with van der Waals surface area (Å²) in [6, 6.07) is 17.7. The number of nitrogens with one attached hydrogen (secondary N) is 1. The highest BCUT2D eigenvalue weighted by Crippen LogP contribution is 2.24. The molecule has 1 heterocycles. The van der Waals surface area contributed by atoms with Gasteiger partial charge >= 0.3 is 0 Å². The molecule has 0 aliphatic carbocycles. The van der Waals surface area contributed by atoms with Gasteiger partial charge in [-0.3, -0.25) is 4.79 Å². The molecule has 28 heavy (non-hydrogen) atoms. The molecule has 1 aromatic heterocycles. The standard InChI is InChI=1S/C22H23ClN4O/c1-16-20(22(23)27(25-16)19-7-5-4-6-8-19)13-14-21(28)24-15-17-9-11-18(12-10-17)26(2)3/h4-14H,15H2,1-3H3,(H,24,28). The summed E-state index contributed by atoms with van der Waals surface area (Å²) >= 11 is 6.47. The van der Waals surface area contributed by atoms with Gasteiger partial charge < -0.3 is 10.2 Å². The molecule has 0 saturated heterocycles. The second-order valence-corrected chi connectivity index (χ2v) is 7.01. The molecule has 0 fully saturated rings. The summed E-state index contributed by atoms with van der Waals surface area (Å²) in [5.74, 6) is -0.181. The van der Waals surface area contributed by atoms with Crippen molar-refractivity contribution in [3.8, 4) is 5.69 Å². The maximum atomic E-state index is 12.2. The number of hydrogen-bond acceptors (Lipinski definition) is 3. The number of nitrogens with zero attached hydrogens (tertiary/aromatic N) is 3. The van der Waals surface area contributed by atoms with E-state index in [-0.39, 0.29) is 5.91 Å². The van der Waals surface area contributed by atoms with Crippen LogP contribution in [0.3, 0.4) is 0 Å². The molecule has 0 aliphatic heterocycles. The third kappa shape index (κ3) is 4.61. The highest BCUT2D eigenvalue weighted by Gasteiger charge is 2.12. The van der Waals surface area contributed by atoms with Crippen LogP contribution in [0.2, 0.25) is 5.15 Å². The highest BCUT2D eigenvalue weighted by molar-refractivity contribution is 6.31. The molecule has 0 saturated carbocycles. The molecule has 1 N–H and O–H groups in total. The fourth-order valence-electron chi connectivity index (χ4n) is 2.76. The molecular formula is C22H23ClN4O. The van der Waals surface area contributed by atoms with E-state index in [9.17, 15) is 4.79 Å². The van der Waals surface area contributed by atoms with E-state index in [1.54, 1.807) is 10.8 Å². The molecule has 1 amide bonds. The van der Waals surface area contributed by atoms with Crippen LogP contribution >= 0.6 is 11.6 Å². The number of halogens is 1. The van der Waals surface area contributed by atoms with Gasteiger partial charge in [-0.1, -0.05) is 41.9 Å². The number of hydrogen-bond donors (Lipinski definition) is 1. The molecule has 6 heteroatoms. The summed E-state index contributed by atoms with van der Waals surface area (Å²) in [4.78, 5) is 14.2. The predicted octanol–water partition coefficient (Wildman–Crippen LogP) is 4.23. The quantitative estimate of drug-likeness (QED) is 0.636. The summed E-state index contributed by atoms with van der Waals surface area (Å²) in [5.41, 5.74) is 4.53. The van der Waals surface area contributed by atoms with E-state index in [2.05, 4.69) is 10.4 Å². The lowest BCUT2D eigenvalue weighted by molar-refractivity contribution is -0.116. The van der Waals surface area contributed by atoms with Crippen molar-refractivity contribution in [2.24, 2.45) is 0 Å². The first kappa shape index (κ1) is 19.7. The molecule has 0 spiro atoms. The number of anilines is 1. The number of para-hydroxylation sites is 1. The van der Waals surface area contributed by atoms with Crippen LogP contribution in [-0.4, -0.2) is 29.8 Å². The number of rotatable bonds is 6. The van der Waals surface area contributed by atoms with Crippen LogP contribution in [0, 0.1) is 6.92 Å². The minimum Gasteiger partial charge on any atom is -0.378 e. The topological polar surface area (TPSA) is 50.2 Å². The Balaban J connectivity index is 1.65. The zero-order valence-electron chi connectivity index (χ0n) is 16.2. The van der Waals surface area contributed by atoms with Gasteiger partial charge in [-0.2, -0.15) is 5.10 Å². The van der Waals surface area contributed by atoms with E-state index in [0.29, 0.717) is 11.7 Å². The molecule has 0 radical (unpaired) electrons. The van der Waals surface area contributed by atoms with Crippen LogP contribution in [0.1, 0.15) is 16.8 Å². The zero-order valence-corrected chi connectivity index (χ0v) is 16.9. The van der Waals surface area contributed by atoms with Gasteiger partial charge in [0.2, 0.25) is 5.91 Å². The number of carbonyl (C=O) groups excluding carboxylic acids is 1. The smallest absolute Gasteiger partial charge is 0.244 e. The van der Waals surface area contributed by atoms with Gasteiger partial charge in [0.15, 0.2) is 0 Å². The molecule has 0 aliphatic rings. The van der Waals surface area contributed by atoms with Crippen LogP contribution in [0.25, 0.3) is 11.8 Å². The van der Waals surface area contributed by atoms with E-state index in [1.807, 2.05) is 80.5 Å². The van der Waals surface area contributed by atoms with Crippen molar-refractivity contribution in [1.82, 2.24) is 15.1 Å². The molecule has 0 unspecified atom stereocenters. The van der Waals surface area contributed by atoms with E-state index in [4.69, 9.17) is 11.6 Å². The van der Waals surface area contributed by atoms with Crippen LogP contribution in [-0.2, 0) is 11.3 Å². The fraction of sp³-hybridized carbons (Fsp3) is 0.182. The Morgan fingerprint density at radius 2 is 1.82 bits per heavy atom. The monoisotopic (exact) mass is 394 g/mol. The number of carbonyl (C=O) groups is 1. The van der Waals surface area contributed by atoms with E-state index >= 15 is 0 Å². The first-order valence-electron chi connectivity index (χ1n) is 8.98. The lowest BCUT2D eigenvalue weighted by Gasteiger charge is -2.12. The summed E-state index contributed by atoms with van der Waals surface area (Å²) < 4.78 is 1.67. The SMILES string of the molecule is Cc1nn(-c2ccccc2)c(Cl)c1C=CC(=O)NCc1ccc(N(C)C)cc1. The molecule has 3 rings (SSSR count). The van der Waals surface area contributed by atoms with Gasteiger partial charge in [0.1, 0.15) is 5.15 Å². The zero-order chi connectivity index (χ0) is 20.1. The highest BCUT2D eigenvalue weighted by atomic mass is 35.5. The molecule has 144 valence electrons. The van der Waals surface area contributed by atoms with Crippen LogP contribution < -0.4 is 10.2 Å². The van der Waals surface area contributed by atoms with Crippen molar-refractivity contribution in [1.29, 1.82) is 0 Å². The minimum absolute atomic E-state index is 0.181. The van der Waals surface area contributed by atoms with E-state index in [0.717, 1.165) is 28.2 Å². The third-order valence-electron chi connectivity index (χ3n) is 4.37. The van der Waals surface area contributed by atoms with Gasteiger partial charge in [0.25, 0.3) is 0 Å². The lowest BCUT2D eigenvalue weighted by atomic mass is 10.2. The maximum Gasteiger partial charge on any atom is 0.244 e. The van der Waals surface area contributed by atoms with Crippen molar-refractivity contribution >= 4 is 29.3 Å². The Labute approximate surface area is 170 Å². The number of aromatic nitrogens is 2. The Morgan fingerprint density at radius 1 is 1.14 bits per heavy atom. The molecule has 5 nitrogen and oxygen atoms in total. The average Bonchev–Trinajstić information content (AvgIpc) is 2.99. The van der Waals surface area contributed by atoms with Crippen molar-refractivity contribution in [2.75, 3.05) is 19.0 Å². The normalized spacial score (nSPS) is 11.0. The average molecular weight is 395 g/mol. The van der Waals surface area contributed by atoms with Gasteiger partial charge in [-0.25, -0.2) is 4.68 Å². The first-order valence-corrected chi connectivity index (χ1v) is 9.36. The van der Waals surface area contributed by atoms with Crippen molar-refractivity contribution in [2.45, 2.75) is 13.5 Å². The fourth-order valence-corrected chi connectivity index (χ4v) is 3.09. The van der Waals surface area contributed by atoms with Gasteiger partial charge in [-0.15, -0.1) is 0 Å². The summed E-state index contributed by atoms with van der Waals surface area (Å²) in [6.07, 6.45) is 3.19. The Kier molecular flexibility index (Phi) is 6.16. The third-order valence-corrected chi connectivity index (χ3v) is 4.73. The largest absolute Gasteiger partial charge is 0.378 e. The molecule has 2 aromatic carbocycles. The van der Waals surface area contributed by atoms with Crippen molar-refractivity contribution in [3.05, 3.63) is 82.6 Å². The van der Waals surface area contributed by atoms with Crippen LogP contribution in [0.15, 0.2) is 60.7 Å². The van der Waals surface area contributed by atoms with Gasteiger partial charge in [0, 0.05) is 38.0 Å². The van der Waals surface area contributed by atoms with E-state index in [1.165, 1.54) is 6.08 Å². The predicted molar refractivity (Wildman–Crippen MR) is 115 cm³/mol. The van der Waals surface area contributed by atoms with Gasteiger partial charge in [0.05, 0.1) is 11.4 Å². The number of aryl methyl sites for hydroxylation is 1. The second-order valence-electron chi connectivity index (χ2n) is 6.65. The lowest BCUT2D eigenvalue weighted by Crippen LogP contribution is -2.20. The Morgan fingerprint density at radius 3 is 2.46 bits per heavy atom. The van der Waals surface area contributed by atoms with Gasteiger partial charge in [-0.05, 0) is 42.8 Å². The summed E-state index contributed by atoms with van der Waals surface area (Å²) in [5, 5.41) is 7.84.